The average Bonchev–Trinajstić information content (AvgIpc) is 3.02. The fourth-order valence-electron chi connectivity index (χ4n) is 2.70. The van der Waals surface area contributed by atoms with E-state index in [0.29, 0.717) is 29.0 Å². The molecule has 0 saturated carbocycles. The Kier molecular flexibility index (Phi) is 3.23. The molecule has 0 saturated heterocycles. The lowest BCUT2D eigenvalue weighted by atomic mass is 10.2. The molecule has 0 spiro atoms. The number of nitrogens with one attached hydrogen (secondary N) is 1. The second-order valence-corrected chi connectivity index (χ2v) is 5.61. The van der Waals surface area contributed by atoms with Crippen LogP contribution in [-0.2, 0) is 6.54 Å². The van der Waals surface area contributed by atoms with Crippen molar-refractivity contribution in [1.29, 1.82) is 0 Å². The van der Waals surface area contributed by atoms with Gasteiger partial charge in [-0.3, -0.25) is 4.79 Å². The summed E-state index contributed by atoms with van der Waals surface area (Å²) in [5.74, 6) is 1.95. The van der Waals surface area contributed by atoms with Gasteiger partial charge in [0.15, 0.2) is 0 Å². The number of benzene rings is 1. The minimum atomic E-state index is -0.138. The highest BCUT2D eigenvalue weighted by atomic mass is 16.1. The van der Waals surface area contributed by atoms with Gasteiger partial charge in [-0.25, -0.2) is 9.97 Å². The summed E-state index contributed by atoms with van der Waals surface area (Å²) in [6.45, 7) is 2.33. The van der Waals surface area contributed by atoms with Crippen LogP contribution in [0.15, 0.2) is 41.5 Å². The normalized spacial score (nSPS) is 11.2. The van der Waals surface area contributed by atoms with Crippen LogP contribution in [0, 0.1) is 6.92 Å². The van der Waals surface area contributed by atoms with E-state index < -0.39 is 0 Å². The number of anilines is 1. The second kappa shape index (κ2) is 5.41. The van der Waals surface area contributed by atoms with Crippen molar-refractivity contribution in [2.45, 2.75) is 13.5 Å². The Labute approximate surface area is 136 Å². The lowest BCUT2D eigenvalue weighted by molar-refractivity contribution is 0.790. The van der Waals surface area contributed by atoms with E-state index >= 15 is 0 Å². The van der Waals surface area contributed by atoms with Crippen LogP contribution >= 0.6 is 0 Å². The van der Waals surface area contributed by atoms with Crippen molar-refractivity contribution < 1.29 is 0 Å². The Morgan fingerprint density at radius 3 is 2.96 bits per heavy atom. The number of para-hydroxylation sites is 1. The van der Waals surface area contributed by atoms with Gasteiger partial charge in [0.1, 0.15) is 18.0 Å². The number of hydrogen-bond donors (Lipinski definition) is 1. The summed E-state index contributed by atoms with van der Waals surface area (Å²) >= 11 is 0. The first kappa shape index (κ1) is 14.3. The van der Waals surface area contributed by atoms with Gasteiger partial charge in [0.05, 0.1) is 17.4 Å². The second-order valence-electron chi connectivity index (χ2n) is 5.61. The smallest absolute Gasteiger partial charge is 0.258 e. The monoisotopic (exact) mass is 321 g/mol. The first-order chi connectivity index (χ1) is 11.6. The summed E-state index contributed by atoms with van der Waals surface area (Å²) in [6.07, 6.45) is 1.47. The van der Waals surface area contributed by atoms with Crippen molar-refractivity contribution in [3.05, 3.63) is 58.5 Å². The van der Waals surface area contributed by atoms with Crippen LogP contribution in [-0.4, -0.2) is 36.6 Å². The lowest BCUT2D eigenvalue weighted by Gasteiger charge is -2.19. The molecule has 24 heavy (non-hydrogen) atoms. The van der Waals surface area contributed by atoms with Gasteiger partial charge in [0.25, 0.3) is 11.3 Å². The van der Waals surface area contributed by atoms with Gasteiger partial charge < -0.3 is 9.88 Å². The zero-order valence-electron chi connectivity index (χ0n) is 13.3. The minimum absolute atomic E-state index is 0.138. The molecule has 120 valence electrons. The number of hydrogen-bond acceptors (Lipinski definition) is 6. The molecule has 0 atom stereocenters. The van der Waals surface area contributed by atoms with Gasteiger partial charge in [-0.05, 0) is 19.1 Å². The highest BCUT2D eigenvalue weighted by Crippen LogP contribution is 2.16. The molecule has 8 heteroatoms. The van der Waals surface area contributed by atoms with E-state index in [-0.39, 0.29) is 5.56 Å². The fraction of sp³-hybridized carbons (Fsp3) is 0.188. The molecule has 0 aliphatic rings. The first-order valence-corrected chi connectivity index (χ1v) is 7.48. The third-order valence-corrected chi connectivity index (χ3v) is 3.80. The van der Waals surface area contributed by atoms with Gasteiger partial charge in [0.2, 0.25) is 0 Å². The highest BCUT2D eigenvalue weighted by Gasteiger charge is 2.12. The summed E-state index contributed by atoms with van der Waals surface area (Å²) in [5, 5.41) is 4.78. The standard InChI is InChI=1S/C16H15N7O/c1-10-7-14(23-16(19-10)17-9-18-23)22(2)8-13-20-12-6-4-3-5-11(12)15(24)21-13/h3-7,9H,8H2,1-2H3,(H,20,21,24). The molecule has 0 fully saturated rings. The molecule has 0 aliphatic heterocycles. The number of H-pyrrole nitrogens is 1. The molecule has 0 amide bonds. The van der Waals surface area contributed by atoms with Crippen LogP contribution in [0.3, 0.4) is 0 Å². The highest BCUT2D eigenvalue weighted by molar-refractivity contribution is 5.77. The van der Waals surface area contributed by atoms with Crippen LogP contribution in [0.5, 0.6) is 0 Å². The predicted octanol–water partition coefficient (Wildman–Crippen LogP) is 1.31. The molecule has 4 rings (SSSR count). The number of fused-ring (bicyclic) bond motifs is 2. The summed E-state index contributed by atoms with van der Waals surface area (Å²) in [6, 6.07) is 9.21. The third-order valence-electron chi connectivity index (χ3n) is 3.80. The molecule has 4 aromatic rings. The summed E-state index contributed by atoms with van der Waals surface area (Å²) in [7, 11) is 1.91. The van der Waals surface area contributed by atoms with Crippen LogP contribution in [0.2, 0.25) is 0 Å². The Morgan fingerprint density at radius 1 is 1.25 bits per heavy atom. The molecule has 0 aliphatic carbocycles. The van der Waals surface area contributed by atoms with Crippen molar-refractivity contribution in [2.24, 2.45) is 0 Å². The van der Waals surface area contributed by atoms with Crippen molar-refractivity contribution in [3.63, 3.8) is 0 Å². The maximum Gasteiger partial charge on any atom is 0.258 e. The Hall–Kier alpha value is -3.29. The number of aromatic amines is 1. The summed E-state index contributed by atoms with van der Waals surface area (Å²) in [5.41, 5.74) is 1.39. The van der Waals surface area contributed by atoms with E-state index in [2.05, 4.69) is 25.0 Å². The SMILES string of the molecule is Cc1cc(N(C)Cc2nc3ccccc3c(=O)[nH]2)n2ncnc2n1. The van der Waals surface area contributed by atoms with Gasteiger partial charge in [-0.15, -0.1) is 0 Å². The molecular formula is C16H15N7O. The molecular weight excluding hydrogens is 306 g/mol. The van der Waals surface area contributed by atoms with Gasteiger partial charge in [0, 0.05) is 18.8 Å². The molecule has 3 aromatic heterocycles. The predicted molar refractivity (Wildman–Crippen MR) is 90.0 cm³/mol. The minimum Gasteiger partial charge on any atom is -0.352 e. The molecule has 1 N–H and O–H groups in total. The van der Waals surface area contributed by atoms with Crippen molar-refractivity contribution in [1.82, 2.24) is 29.5 Å². The number of aryl methyl sites for hydroxylation is 1. The molecule has 3 heterocycles. The summed E-state index contributed by atoms with van der Waals surface area (Å²) in [4.78, 5) is 30.0. The quantitative estimate of drug-likeness (QED) is 0.611. The van der Waals surface area contributed by atoms with Crippen molar-refractivity contribution in [2.75, 3.05) is 11.9 Å². The van der Waals surface area contributed by atoms with Crippen molar-refractivity contribution >= 4 is 22.5 Å². The average molecular weight is 321 g/mol. The van der Waals surface area contributed by atoms with Crippen LogP contribution in [0.1, 0.15) is 11.5 Å². The maximum atomic E-state index is 12.2. The van der Waals surface area contributed by atoms with Gasteiger partial charge in [-0.2, -0.15) is 14.6 Å². The largest absolute Gasteiger partial charge is 0.352 e. The van der Waals surface area contributed by atoms with E-state index in [0.717, 1.165) is 11.5 Å². The van der Waals surface area contributed by atoms with E-state index in [4.69, 9.17) is 0 Å². The summed E-state index contributed by atoms with van der Waals surface area (Å²) < 4.78 is 1.66. The zero-order valence-corrected chi connectivity index (χ0v) is 13.3. The Bertz CT molecular complexity index is 1100. The van der Waals surface area contributed by atoms with Gasteiger partial charge in [-0.1, -0.05) is 12.1 Å². The molecule has 0 unspecified atom stereocenters. The van der Waals surface area contributed by atoms with Gasteiger partial charge >= 0.3 is 0 Å². The number of nitrogens with zero attached hydrogens (tertiary/aromatic N) is 6. The Balaban J connectivity index is 1.74. The van der Waals surface area contributed by atoms with E-state index in [1.54, 1.807) is 10.6 Å². The zero-order chi connectivity index (χ0) is 16.7. The van der Waals surface area contributed by atoms with E-state index in [9.17, 15) is 4.79 Å². The lowest BCUT2D eigenvalue weighted by Crippen LogP contribution is -2.24. The topological polar surface area (TPSA) is 92.1 Å². The maximum absolute atomic E-state index is 12.2. The van der Waals surface area contributed by atoms with E-state index in [1.807, 2.05) is 43.1 Å². The van der Waals surface area contributed by atoms with Crippen LogP contribution in [0.4, 0.5) is 5.82 Å². The molecule has 1 aromatic carbocycles. The Morgan fingerprint density at radius 2 is 2.08 bits per heavy atom. The van der Waals surface area contributed by atoms with Crippen LogP contribution < -0.4 is 10.5 Å². The van der Waals surface area contributed by atoms with E-state index in [1.165, 1.54) is 6.33 Å². The molecule has 0 bridgehead atoms. The number of rotatable bonds is 3. The first-order valence-electron chi connectivity index (χ1n) is 7.48. The van der Waals surface area contributed by atoms with Crippen LogP contribution in [0.25, 0.3) is 16.7 Å². The van der Waals surface area contributed by atoms with Crippen molar-refractivity contribution in [3.8, 4) is 0 Å². The third kappa shape index (κ3) is 2.37. The molecule has 8 nitrogen and oxygen atoms in total. The number of aromatic nitrogens is 6. The molecule has 0 radical (unpaired) electrons. The fourth-order valence-corrected chi connectivity index (χ4v) is 2.70.